The van der Waals surface area contributed by atoms with E-state index in [1.54, 1.807) is 22.8 Å². The average Bonchev–Trinajstić information content (AvgIpc) is 3.12. The van der Waals surface area contributed by atoms with E-state index in [1.807, 2.05) is 36.4 Å². The van der Waals surface area contributed by atoms with Gasteiger partial charge in [0.2, 0.25) is 0 Å². The van der Waals surface area contributed by atoms with E-state index in [0.29, 0.717) is 18.2 Å². The van der Waals surface area contributed by atoms with E-state index < -0.39 is 0 Å². The SMILES string of the molecule is CC(C)CN(C)C(=O)c1cn(C(c2ccccc2)c2ccccc2)nn1. The first-order chi connectivity index (χ1) is 12.6. The Kier molecular flexibility index (Phi) is 5.46. The number of benzene rings is 2. The van der Waals surface area contributed by atoms with Crippen molar-refractivity contribution >= 4 is 5.91 Å². The minimum atomic E-state index is -0.123. The molecule has 1 amide bonds. The van der Waals surface area contributed by atoms with Crippen LogP contribution < -0.4 is 0 Å². The lowest BCUT2D eigenvalue weighted by atomic mass is 9.99. The van der Waals surface area contributed by atoms with Crippen LogP contribution in [0.2, 0.25) is 0 Å². The first-order valence-corrected chi connectivity index (χ1v) is 8.83. The molecule has 0 saturated carbocycles. The summed E-state index contributed by atoms with van der Waals surface area (Å²) in [5, 5.41) is 8.41. The fourth-order valence-electron chi connectivity index (χ4n) is 3.10. The molecule has 0 N–H and O–H groups in total. The van der Waals surface area contributed by atoms with Crippen molar-refractivity contribution in [1.82, 2.24) is 19.9 Å². The van der Waals surface area contributed by atoms with Crippen molar-refractivity contribution in [3.63, 3.8) is 0 Å². The van der Waals surface area contributed by atoms with E-state index in [0.717, 1.165) is 11.1 Å². The molecule has 2 aromatic carbocycles. The van der Waals surface area contributed by atoms with Crippen molar-refractivity contribution in [3.8, 4) is 0 Å². The number of amides is 1. The molecule has 0 aliphatic heterocycles. The number of hydrogen-bond donors (Lipinski definition) is 0. The Morgan fingerprint density at radius 2 is 1.54 bits per heavy atom. The Bertz CT molecular complexity index is 803. The number of rotatable bonds is 6. The van der Waals surface area contributed by atoms with Crippen LogP contribution in [0.25, 0.3) is 0 Å². The monoisotopic (exact) mass is 348 g/mol. The van der Waals surface area contributed by atoms with Gasteiger partial charge in [-0.3, -0.25) is 4.79 Å². The molecule has 0 fully saturated rings. The molecule has 1 aromatic heterocycles. The number of carbonyl (C=O) groups is 1. The van der Waals surface area contributed by atoms with Gasteiger partial charge in [-0.25, -0.2) is 4.68 Å². The molecule has 0 radical (unpaired) electrons. The van der Waals surface area contributed by atoms with Crippen molar-refractivity contribution in [1.29, 1.82) is 0 Å². The van der Waals surface area contributed by atoms with Gasteiger partial charge < -0.3 is 4.90 Å². The van der Waals surface area contributed by atoms with Gasteiger partial charge in [0.25, 0.3) is 5.91 Å². The molecular formula is C21H24N4O. The van der Waals surface area contributed by atoms with Crippen LogP contribution in [0.5, 0.6) is 0 Å². The fourth-order valence-corrected chi connectivity index (χ4v) is 3.10. The summed E-state index contributed by atoms with van der Waals surface area (Å²) in [5.74, 6) is 0.296. The predicted octanol–water partition coefficient (Wildman–Crippen LogP) is 3.64. The molecule has 0 spiro atoms. The van der Waals surface area contributed by atoms with E-state index in [1.165, 1.54) is 0 Å². The highest BCUT2D eigenvalue weighted by Gasteiger charge is 2.21. The third kappa shape index (κ3) is 3.99. The second kappa shape index (κ2) is 7.95. The third-order valence-corrected chi connectivity index (χ3v) is 4.21. The van der Waals surface area contributed by atoms with E-state index in [9.17, 15) is 4.79 Å². The Hall–Kier alpha value is -2.95. The summed E-state index contributed by atoms with van der Waals surface area (Å²) in [6.07, 6.45) is 1.74. The van der Waals surface area contributed by atoms with E-state index in [2.05, 4.69) is 48.4 Å². The van der Waals surface area contributed by atoms with Crippen molar-refractivity contribution in [2.24, 2.45) is 5.92 Å². The fraction of sp³-hybridized carbons (Fsp3) is 0.286. The number of carbonyl (C=O) groups excluding carboxylic acids is 1. The summed E-state index contributed by atoms with van der Waals surface area (Å²) in [5.41, 5.74) is 2.56. The van der Waals surface area contributed by atoms with E-state index in [-0.39, 0.29) is 11.9 Å². The summed E-state index contributed by atoms with van der Waals surface area (Å²) in [6, 6.07) is 20.1. The average molecular weight is 348 g/mol. The molecular weight excluding hydrogens is 324 g/mol. The quantitative estimate of drug-likeness (QED) is 0.683. The highest BCUT2D eigenvalue weighted by Crippen LogP contribution is 2.25. The normalized spacial score (nSPS) is 11.1. The van der Waals surface area contributed by atoms with Crippen molar-refractivity contribution in [2.45, 2.75) is 19.9 Å². The molecule has 0 saturated heterocycles. The van der Waals surface area contributed by atoms with Crippen molar-refractivity contribution < 1.29 is 4.79 Å². The molecule has 5 nitrogen and oxygen atoms in total. The highest BCUT2D eigenvalue weighted by molar-refractivity contribution is 5.91. The van der Waals surface area contributed by atoms with E-state index in [4.69, 9.17) is 0 Å². The zero-order chi connectivity index (χ0) is 18.5. The topological polar surface area (TPSA) is 51.0 Å². The van der Waals surface area contributed by atoms with Crippen LogP contribution in [0.1, 0.15) is 41.5 Å². The molecule has 3 rings (SSSR count). The van der Waals surface area contributed by atoms with Gasteiger partial charge in [-0.2, -0.15) is 0 Å². The Morgan fingerprint density at radius 3 is 2.04 bits per heavy atom. The van der Waals surface area contributed by atoms with Crippen LogP contribution >= 0.6 is 0 Å². The Labute approximate surface area is 154 Å². The molecule has 134 valence electrons. The lowest BCUT2D eigenvalue weighted by Gasteiger charge is -2.19. The Morgan fingerprint density at radius 1 is 1.00 bits per heavy atom. The molecule has 0 atom stereocenters. The van der Waals surface area contributed by atoms with Crippen LogP contribution in [0.15, 0.2) is 66.9 Å². The Balaban J connectivity index is 1.94. The molecule has 0 unspecified atom stereocenters. The number of aromatic nitrogens is 3. The van der Waals surface area contributed by atoms with E-state index >= 15 is 0 Å². The summed E-state index contributed by atoms with van der Waals surface area (Å²) in [4.78, 5) is 14.3. The second-order valence-corrected chi connectivity index (χ2v) is 6.89. The smallest absolute Gasteiger partial charge is 0.275 e. The van der Waals surface area contributed by atoms with Crippen LogP contribution in [0.4, 0.5) is 0 Å². The number of nitrogens with zero attached hydrogens (tertiary/aromatic N) is 4. The van der Waals surface area contributed by atoms with Crippen molar-refractivity contribution in [2.75, 3.05) is 13.6 Å². The third-order valence-electron chi connectivity index (χ3n) is 4.21. The van der Waals surface area contributed by atoms with Crippen LogP contribution in [-0.2, 0) is 0 Å². The van der Waals surface area contributed by atoms with Crippen molar-refractivity contribution in [3.05, 3.63) is 83.7 Å². The van der Waals surface area contributed by atoms with Gasteiger partial charge in [-0.05, 0) is 17.0 Å². The molecule has 5 heteroatoms. The molecule has 1 heterocycles. The summed E-state index contributed by atoms with van der Waals surface area (Å²) >= 11 is 0. The van der Waals surface area contributed by atoms with Crippen LogP contribution in [-0.4, -0.2) is 39.4 Å². The zero-order valence-corrected chi connectivity index (χ0v) is 15.4. The molecule has 0 aliphatic rings. The van der Waals surface area contributed by atoms with Gasteiger partial charge >= 0.3 is 0 Å². The highest BCUT2D eigenvalue weighted by atomic mass is 16.2. The lowest BCUT2D eigenvalue weighted by Crippen LogP contribution is -2.30. The first-order valence-electron chi connectivity index (χ1n) is 8.83. The zero-order valence-electron chi connectivity index (χ0n) is 15.4. The first kappa shape index (κ1) is 17.9. The van der Waals surface area contributed by atoms with Gasteiger partial charge in [0.1, 0.15) is 6.04 Å². The van der Waals surface area contributed by atoms with Crippen LogP contribution in [0, 0.1) is 5.92 Å². The molecule has 0 aliphatic carbocycles. The largest absolute Gasteiger partial charge is 0.340 e. The molecule has 3 aromatic rings. The summed E-state index contributed by atoms with van der Waals surface area (Å²) in [6.45, 7) is 4.86. The maximum Gasteiger partial charge on any atom is 0.275 e. The molecule has 0 bridgehead atoms. The van der Waals surface area contributed by atoms with Crippen LogP contribution in [0.3, 0.4) is 0 Å². The van der Waals surface area contributed by atoms with Gasteiger partial charge in [0, 0.05) is 13.6 Å². The standard InChI is InChI=1S/C21H24N4O/c1-16(2)14-24(3)21(26)19-15-25(23-22-19)20(17-10-6-4-7-11-17)18-12-8-5-9-13-18/h4-13,15-16,20H,14H2,1-3H3. The second-order valence-electron chi connectivity index (χ2n) is 6.89. The maximum atomic E-state index is 12.6. The van der Waals surface area contributed by atoms with Gasteiger partial charge in [0.15, 0.2) is 5.69 Å². The summed E-state index contributed by atoms with van der Waals surface area (Å²) < 4.78 is 1.76. The minimum absolute atomic E-state index is 0.107. The maximum absolute atomic E-state index is 12.6. The number of hydrogen-bond acceptors (Lipinski definition) is 3. The summed E-state index contributed by atoms with van der Waals surface area (Å²) in [7, 11) is 1.80. The van der Waals surface area contributed by atoms with Gasteiger partial charge in [-0.1, -0.05) is 79.7 Å². The predicted molar refractivity (Wildman–Crippen MR) is 102 cm³/mol. The molecule has 26 heavy (non-hydrogen) atoms. The van der Waals surface area contributed by atoms with Gasteiger partial charge in [0.05, 0.1) is 6.20 Å². The van der Waals surface area contributed by atoms with Gasteiger partial charge in [-0.15, -0.1) is 5.10 Å². The minimum Gasteiger partial charge on any atom is -0.340 e. The lowest BCUT2D eigenvalue weighted by molar-refractivity contribution is 0.0773.